The van der Waals surface area contributed by atoms with E-state index in [0.717, 1.165) is 11.4 Å². The van der Waals surface area contributed by atoms with E-state index in [-0.39, 0.29) is 5.91 Å². The highest BCUT2D eigenvalue weighted by atomic mass is 16.5. The molecule has 2 unspecified atom stereocenters. The van der Waals surface area contributed by atoms with Gasteiger partial charge in [0.25, 0.3) is 5.91 Å². The van der Waals surface area contributed by atoms with Crippen LogP contribution in [0.3, 0.4) is 0 Å². The van der Waals surface area contributed by atoms with Crippen molar-refractivity contribution in [3.05, 3.63) is 34.8 Å². The molecule has 2 heterocycles. The van der Waals surface area contributed by atoms with Crippen molar-refractivity contribution in [3.63, 3.8) is 0 Å². The van der Waals surface area contributed by atoms with Gasteiger partial charge in [0.05, 0.1) is 11.5 Å². The Morgan fingerprint density at radius 3 is 2.43 bits per heavy atom. The van der Waals surface area contributed by atoms with Crippen LogP contribution in [0, 0.1) is 26.7 Å². The molecule has 0 radical (unpaired) electrons. The van der Waals surface area contributed by atoms with Gasteiger partial charge in [-0.3, -0.25) is 14.2 Å². The van der Waals surface area contributed by atoms with E-state index in [9.17, 15) is 9.59 Å². The van der Waals surface area contributed by atoms with Crippen LogP contribution < -0.4 is 5.32 Å². The van der Waals surface area contributed by atoms with Crippen LogP contribution in [0.1, 0.15) is 41.4 Å². The number of hydrogen-bond donors (Lipinski definition) is 2. The number of nitrogens with zero attached hydrogens (tertiary/aromatic N) is 2. The molecule has 7 heteroatoms. The highest BCUT2D eigenvalue weighted by Crippen LogP contribution is 2.21. The van der Waals surface area contributed by atoms with Gasteiger partial charge < -0.3 is 14.9 Å². The van der Waals surface area contributed by atoms with Gasteiger partial charge in [-0.25, -0.2) is 0 Å². The molecule has 0 aliphatic carbocycles. The van der Waals surface area contributed by atoms with Crippen molar-refractivity contribution in [1.82, 2.24) is 15.0 Å². The molecule has 0 bridgehead atoms. The van der Waals surface area contributed by atoms with Gasteiger partial charge in [0, 0.05) is 23.5 Å². The number of aryl methyl sites for hydroxylation is 2. The molecule has 2 aromatic rings. The molecule has 1 amide bonds. The minimum Gasteiger partial charge on any atom is -0.481 e. The number of aliphatic carboxylic acids is 1. The molecule has 2 atom stereocenters. The van der Waals surface area contributed by atoms with Gasteiger partial charge in [-0.05, 0) is 40.7 Å². The van der Waals surface area contributed by atoms with E-state index in [1.165, 1.54) is 0 Å². The summed E-state index contributed by atoms with van der Waals surface area (Å²) < 4.78 is 6.91. The Labute approximate surface area is 134 Å². The third-order valence-electron chi connectivity index (χ3n) is 4.02. The van der Waals surface area contributed by atoms with Gasteiger partial charge in [-0.15, -0.1) is 0 Å². The predicted octanol–water partition coefficient (Wildman–Crippen LogP) is 2.23. The van der Waals surface area contributed by atoms with E-state index >= 15 is 0 Å². The zero-order chi connectivity index (χ0) is 17.3. The minimum absolute atomic E-state index is 0.301. The molecule has 2 N–H and O–H groups in total. The fourth-order valence-electron chi connectivity index (χ4n) is 2.43. The van der Waals surface area contributed by atoms with Crippen molar-refractivity contribution in [3.8, 4) is 5.82 Å². The summed E-state index contributed by atoms with van der Waals surface area (Å²) in [5, 5.41) is 15.7. The molecular formula is C16H21N3O4. The van der Waals surface area contributed by atoms with Crippen LogP contribution in [-0.2, 0) is 4.79 Å². The van der Waals surface area contributed by atoms with Crippen molar-refractivity contribution in [2.45, 2.75) is 40.7 Å². The summed E-state index contributed by atoms with van der Waals surface area (Å²) in [5.74, 6) is -0.613. The zero-order valence-electron chi connectivity index (χ0n) is 13.9. The van der Waals surface area contributed by atoms with Crippen molar-refractivity contribution >= 4 is 11.9 Å². The maximum absolute atomic E-state index is 12.4. The summed E-state index contributed by atoms with van der Waals surface area (Å²) in [6, 6.07) is 3.07. The first-order valence-electron chi connectivity index (χ1n) is 7.38. The van der Waals surface area contributed by atoms with Crippen molar-refractivity contribution in [2.24, 2.45) is 5.92 Å². The molecule has 2 aromatic heterocycles. The van der Waals surface area contributed by atoms with Crippen LogP contribution in [0.2, 0.25) is 0 Å². The smallest absolute Gasteiger partial charge is 0.308 e. The quantitative estimate of drug-likeness (QED) is 0.880. The van der Waals surface area contributed by atoms with Crippen molar-refractivity contribution in [2.75, 3.05) is 0 Å². The molecule has 23 heavy (non-hydrogen) atoms. The van der Waals surface area contributed by atoms with Crippen LogP contribution >= 0.6 is 0 Å². The highest BCUT2D eigenvalue weighted by Gasteiger charge is 2.24. The minimum atomic E-state index is -0.943. The van der Waals surface area contributed by atoms with Crippen LogP contribution in [0.4, 0.5) is 0 Å². The van der Waals surface area contributed by atoms with Crippen LogP contribution in [0.25, 0.3) is 5.82 Å². The number of nitrogens with one attached hydrogen (secondary N) is 1. The molecule has 0 aliphatic rings. The molecule has 0 saturated carbocycles. The largest absolute Gasteiger partial charge is 0.481 e. The molecule has 2 rings (SSSR count). The SMILES string of the molecule is Cc1cc(-n2c(C)cc(C(=O)NC(C)C(C)C(=O)O)c2C)no1. The average Bonchev–Trinajstić information content (AvgIpc) is 3.01. The molecule has 0 spiro atoms. The number of hydrogen-bond acceptors (Lipinski definition) is 4. The highest BCUT2D eigenvalue weighted by molar-refractivity contribution is 5.96. The lowest BCUT2D eigenvalue weighted by Gasteiger charge is -2.17. The number of rotatable bonds is 5. The van der Waals surface area contributed by atoms with Crippen LogP contribution in [0.5, 0.6) is 0 Å². The number of amides is 1. The maximum Gasteiger partial charge on any atom is 0.308 e. The van der Waals surface area contributed by atoms with Gasteiger partial charge in [0.2, 0.25) is 0 Å². The first-order chi connectivity index (χ1) is 10.7. The second-order valence-electron chi connectivity index (χ2n) is 5.81. The number of carboxylic acids is 1. The number of aromatic nitrogens is 2. The Bertz CT molecular complexity index is 745. The Balaban J connectivity index is 2.27. The first-order valence-corrected chi connectivity index (χ1v) is 7.38. The molecule has 124 valence electrons. The van der Waals surface area contributed by atoms with E-state index in [4.69, 9.17) is 9.63 Å². The van der Waals surface area contributed by atoms with Gasteiger partial charge in [0.15, 0.2) is 5.82 Å². The maximum atomic E-state index is 12.4. The Morgan fingerprint density at radius 1 is 1.26 bits per heavy atom. The van der Waals surface area contributed by atoms with Crippen LogP contribution in [-0.4, -0.2) is 32.7 Å². The summed E-state index contributed by atoms with van der Waals surface area (Å²) in [4.78, 5) is 23.4. The topological polar surface area (TPSA) is 97.4 Å². The van der Waals surface area contributed by atoms with Crippen molar-refractivity contribution < 1.29 is 19.2 Å². The van der Waals surface area contributed by atoms with Crippen molar-refractivity contribution in [1.29, 1.82) is 0 Å². The van der Waals surface area contributed by atoms with Gasteiger partial charge >= 0.3 is 5.97 Å². The molecule has 0 fully saturated rings. The second kappa shape index (κ2) is 6.28. The fraction of sp³-hybridized carbons (Fsp3) is 0.438. The lowest BCUT2D eigenvalue weighted by Crippen LogP contribution is -2.40. The third kappa shape index (κ3) is 3.28. The Morgan fingerprint density at radius 2 is 1.91 bits per heavy atom. The standard InChI is InChI=1S/C16H21N3O4/c1-8-6-13(15(20)17-11(4)10(3)16(21)22)12(5)19(8)14-7-9(2)23-18-14/h6-7,10-11H,1-5H3,(H,17,20)(H,21,22). The summed E-state index contributed by atoms with van der Waals surface area (Å²) in [5.41, 5.74) is 2.07. The first kappa shape index (κ1) is 16.8. The average molecular weight is 319 g/mol. The number of carboxylic acid groups (broad SMARTS) is 1. The molecule has 0 saturated heterocycles. The Kier molecular flexibility index (Phi) is 4.58. The molecular weight excluding hydrogens is 298 g/mol. The summed E-state index contributed by atoms with van der Waals surface area (Å²) in [6.45, 7) is 8.73. The molecule has 0 aromatic carbocycles. The predicted molar refractivity (Wildman–Crippen MR) is 83.8 cm³/mol. The lowest BCUT2D eigenvalue weighted by molar-refractivity contribution is -0.141. The fourth-order valence-corrected chi connectivity index (χ4v) is 2.43. The summed E-state index contributed by atoms with van der Waals surface area (Å²) in [6.07, 6.45) is 0. The van der Waals surface area contributed by atoms with E-state index < -0.39 is 17.9 Å². The van der Waals surface area contributed by atoms with Crippen LogP contribution in [0.15, 0.2) is 16.7 Å². The van der Waals surface area contributed by atoms with E-state index in [0.29, 0.717) is 17.1 Å². The van der Waals surface area contributed by atoms with E-state index in [2.05, 4.69) is 10.5 Å². The van der Waals surface area contributed by atoms with Gasteiger partial charge in [-0.2, -0.15) is 0 Å². The number of carbonyl (C=O) groups is 2. The zero-order valence-corrected chi connectivity index (χ0v) is 13.9. The van der Waals surface area contributed by atoms with Gasteiger partial charge in [0.1, 0.15) is 5.76 Å². The molecule has 7 nitrogen and oxygen atoms in total. The Hall–Kier alpha value is -2.57. The third-order valence-corrected chi connectivity index (χ3v) is 4.02. The molecule has 0 aliphatic heterocycles. The summed E-state index contributed by atoms with van der Waals surface area (Å²) in [7, 11) is 0. The monoisotopic (exact) mass is 319 g/mol. The normalized spacial score (nSPS) is 13.6. The van der Waals surface area contributed by atoms with E-state index in [1.807, 2.05) is 18.4 Å². The van der Waals surface area contributed by atoms with E-state index in [1.54, 1.807) is 32.9 Å². The lowest BCUT2D eigenvalue weighted by atomic mass is 10.0. The number of carbonyl (C=O) groups excluding carboxylic acids is 1. The second-order valence-corrected chi connectivity index (χ2v) is 5.81. The summed E-state index contributed by atoms with van der Waals surface area (Å²) >= 11 is 0. The van der Waals surface area contributed by atoms with Gasteiger partial charge in [-0.1, -0.05) is 5.16 Å².